The van der Waals surface area contributed by atoms with Gasteiger partial charge in [0.1, 0.15) is 0 Å². The van der Waals surface area contributed by atoms with Gasteiger partial charge >= 0.3 is 0 Å². The number of unbranched alkanes of at least 4 members (excludes halogenated alkanes) is 3. The number of carbonyl (C=O) groups excluding carboxylic acids is 4. The highest BCUT2D eigenvalue weighted by atomic mass is 16.2. The summed E-state index contributed by atoms with van der Waals surface area (Å²) >= 11 is 0. The Balaban J connectivity index is 0.981. The van der Waals surface area contributed by atoms with Crippen LogP contribution in [-0.2, 0) is 0 Å². The number of imide groups is 2. The third kappa shape index (κ3) is 5.93. The fourth-order valence-corrected chi connectivity index (χ4v) is 5.37. The van der Waals surface area contributed by atoms with Gasteiger partial charge in [-0.3, -0.25) is 29.0 Å². The summed E-state index contributed by atoms with van der Waals surface area (Å²) in [6.07, 6.45) is 2.78. The van der Waals surface area contributed by atoms with Gasteiger partial charge in [-0.15, -0.1) is 0 Å². The molecule has 4 amide bonds. The predicted octanol–water partition coefficient (Wildman–Crippen LogP) is 5.94. The van der Waals surface area contributed by atoms with Crippen LogP contribution in [0.2, 0.25) is 0 Å². The largest absolute Gasteiger partial charge is 0.274 e. The van der Waals surface area contributed by atoms with E-state index in [1.807, 2.05) is 60.7 Å². The molecule has 2 aliphatic heterocycles. The molecule has 0 fully saturated rings. The Kier molecular flexibility index (Phi) is 8.17. The molecule has 4 aromatic rings. The van der Waals surface area contributed by atoms with Crippen molar-refractivity contribution in [2.45, 2.75) is 25.7 Å². The summed E-state index contributed by atoms with van der Waals surface area (Å²) in [6.45, 7) is 0.633. The SMILES string of the molecule is O=C1c2ccc(C#Cc3ccccc3)cc2C(=O)N1CCCCCCN1C(=O)c2ccc(C#Cc3ccccc3)cc2C1=O. The van der Waals surface area contributed by atoms with Gasteiger partial charge in [0, 0.05) is 35.3 Å². The second kappa shape index (κ2) is 12.7. The molecule has 0 N–H and O–H groups in total. The number of amides is 4. The maximum absolute atomic E-state index is 13.0. The van der Waals surface area contributed by atoms with E-state index in [-0.39, 0.29) is 23.6 Å². The van der Waals surface area contributed by atoms with Crippen molar-refractivity contribution in [2.75, 3.05) is 13.1 Å². The fraction of sp³-hybridized carbons (Fsp3) is 0.158. The van der Waals surface area contributed by atoms with Crippen LogP contribution in [0.4, 0.5) is 0 Å². The molecule has 0 aliphatic carbocycles. The lowest BCUT2D eigenvalue weighted by Gasteiger charge is -2.15. The smallest absolute Gasteiger partial charge is 0.261 e. The Labute approximate surface area is 256 Å². The molecule has 6 heteroatoms. The number of benzene rings is 4. The molecule has 0 saturated heterocycles. The average molecular weight is 577 g/mol. The van der Waals surface area contributed by atoms with Crippen molar-refractivity contribution in [3.8, 4) is 23.7 Å². The van der Waals surface area contributed by atoms with Crippen molar-refractivity contribution in [3.05, 3.63) is 142 Å². The van der Waals surface area contributed by atoms with Gasteiger partial charge in [-0.2, -0.15) is 0 Å². The third-order valence-corrected chi connectivity index (χ3v) is 7.70. The van der Waals surface area contributed by atoms with Gasteiger partial charge in [-0.25, -0.2) is 0 Å². The molecule has 4 aromatic carbocycles. The first-order chi connectivity index (χ1) is 21.5. The van der Waals surface area contributed by atoms with Crippen LogP contribution in [0.15, 0.2) is 97.1 Å². The number of hydrogen-bond donors (Lipinski definition) is 0. The van der Waals surface area contributed by atoms with E-state index in [9.17, 15) is 19.2 Å². The second-order valence-corrected chi connectivity index (χ2v) is 10.7. The van der Waals surface area contributed by atoms with Crippen LogP contribution in [0, 0.1) is 23.7 Å². The monoisotopic (exact) mass is 576 g/mol. The number of fused-ring (bicyclic) bond motifs is 2. The zero-order valence-corrected chi connectivity index (χ0v) is 24.0. The summed E-state index contributed by atoms with van der Waals surface area (Å²) in [6, 6.07) is 29.4. The summed E-state index contributed by atoms with van der Waals surface area (Å²) < 4.78 is 0. The van der Waals surface area contributed by atoms with E-state index in [0.29, 0.717) is 59.3 Å². The highest BCUT2D eigenvalue weighted by molar-refractivity contribution is 6.22. The summed E-state index contributed by atoms with van der Waals surface area (Å²) in [5.74, 6) is 11.1. The van der Waals surface area contributed by atoms with Crippen LogP contribution in [0.5, 0.6) is 0 Å². The summed E-state index contributed by atoms with van der Waals surface area (Å²) in [4.78, 5) is 54.4. The predicted molar refractivity (Wildman–Crippen MR) is 167 cm³/mol. The first kappa shape index (κ1) is 28.4. The molecule has 0 spiro atoms. The molecule has 0 unspecified atom stereocenters. The van der Waals surface area contributed by atoms with Gasteiger partial charge < -0.3 is 0 Å². The van der Waals surface area contributed by atoms with E-state index in [0.717, 1.165) is 24.0 Å². The molecule has 0 bridgehead atoms. The van der Waals surface area contributed by atoms with E-state index in [4.69, 9.17) is 0 Å². The molecule has 6 rings (SSSR count). The minimum atomic E-state index is -0.299. The maximum atomic E-state index is 13.0. The van der Waals surface area contributed by atoms with Gasteiger partial charge in [0.25, 0.3) is 23.6 Å². The Morgan fingerprint density at radius 2 is 0.750 bits per heavy atom. The first-order valence-corrected chi connectivity index (χ1v) is 14.6. The van der Waals surface area contributed by atoms with E-state index in [1.165, 1.54) is 9.80 Å². The number of carbonyl (C=O) groups is 4. The lowest BCUT2D eigenvalue weighted by molar-refractivity contribution is 0.0630. The zero-order valence-electron chi connectivity index (χ0n) is 24.0. The van der Waals surface area contributed by atoms with Crippen molar-refractivity contribution in [1.82, 2.24) is 9.80 Å². The van der Waals surface area contributed by atoms with Crippen LogP contribution >= 0.6 is 0 Å². The van der Waals surface area contributed by atoms with Crippen LogP contribution in [0.25, 0.3) is 0 Å². The van der Waals surface area contributed by atoms with E-state index in [1.54, 1.807) is 36.4 Å². The van der Waals surface area contributed by atoms with Crippen molar-refractivity contribution in [3.63, 3.8) is 0 Å². The summed E-state index contributed by atoms with van der Waals surface area (Å²) in [7, 11) is 0. The summed E-state index contributed by atoms with van der Waals surface area (Å²) in [5.41, 5.74) is 4.68. The van der Waals surface area contributed by atoms with Gasteiger partial charge in [0.2, 0.25) is 0 Å². The highest BCUT2D eigenvalue weighted by Gasteiger charge is 2.36. The Bertz CT molecular complexity index is 1770. The van der Waals surface area contributed by atoms with Gasteiger partial charge in [-0.05, 0) is 73.5 Å². The van der Waals surface area contributed by atoms with Crippen molar-refractivity contribution < 1.29 is 19.2 Å². The van der Waals surface area contributed by atoms with E-state index in [2.05, 4.69) is 23.7 Å². The first-order valence-electron chi connectivity index (χ1n) is 14.6. The van der Waals surface area contributed by atoms with E-state index < -0.39 is 0 Å². The Morgan fingerprint density at radius 3 is 1.16 bits per heavy atom. The topological polar surface area (TPSA) is 74.8 Å². The van der Waals surface area contributed by atoms with Crippen LogP contribution in [0.1, 0.15) is 89.4 Å². The van der Waals surface area contributed by atoms with Crippen molar-refractivity contribution >= 4 is 23.6 Å². The molecule has 0 atom stereocenters. The fourth-order valence-electron chi connectivity index (χ4n) is 5.37. The molecule has 0 saturated carbocycles. The van der Waals surface area contributed by atoms with Gasteiger partial charge in [0.15, 0.2) is 0 Å². The van der Waals surface area contributed by atoms with Gasteiger partial charge in [-0.1, -0.05) is 72.9 Å². The van der Waals surface area contributed by atoms with Crippen molar-refractivity contribution in [2.24, 2.45) is 0 Å². The molecule has 6 nitrogen and oxygen atoms in total. The average Bonchev–Trinajstić information content (AvgIpc) is 3.44. The summed E-state index contributed by atoms with van der Waals surface area (Å²) in [5, 5.41) is 0. The molecule has 2 aliphatic rings. The van der Waals surface area contributed by atoms with Crippen LogP contribution < -0.4 is 0 Å². The highest BCUT2D eigenvalue weighted by Crippen LogP contribution is 2.26. The molecule has 0 radical (unpaired) electrons. The maximum Gasteiger partial charge on any atom is 0.261 e. The minimum absolute atomic E-state index is 0.286. The normalized spacial score (nSPS) is 13.3. The number of nitrogens with zero attached hydrogens (tertiary/aromatic N) is 2. The third-order valence-electron chi connectivity index (χ3n) is 7.70. The quantitative estimate of drug-likeness (QED) is 0.155. The van der Waals surface area contributed by atoms with Crippen molar-refractivity contribution in [1.29, 1.82) is 0 Å². The van der Waals surface area contributed by atoms with Gasteiger partial charge in [0.05, 0.1) is 22.3 Å². The number of hydrogen-bond acceptors (Lipinski definition) is 4. The molecule has 44 heavy (non-hydrogen) atoms. The minimum Gasteiger partial charge on any atom is -0.274 e. The molecule has 0 aromatic heterocycles. The number of rotatable bonds is 7. The second-order valence-electron chi connectivity index (χ2n) is 10.7. The standard InChI is InChI=1S/C38H28N2O4/c41-35-31-21-19-29(17-15-27-11-5-3-6-12-27)25-33(31)37(43)39(35)23-9-1-2-10-24-40-36(42)32-22-20-30(26-34(32)38(40)44)18-16-28-13-7-4-8-14-28/h3-8,11-14,19-22,25-26H,1-2,9-10,23-24H2. The zero-order chi connectivity index (χ0) is 30.5. The molecule has 2 heterocycles. The lowest BCUT2D eigenvalue weighted by Crippen LogP contribution is -2.31. The Hall–Kier alpha value is -5.72. The van der Waals surface area contributed by atoms with Crippen LogP contribution in [-0.4, -0.2) is 46.5 Å². The Morgan fingerprint density at radius 1 is 0.386 bits per heavy atom. The van der Waals surface area contributed by atoms with E-state index >= 15 is 0 Å². The lowest BCUT2D eigenvalue weighted by atomic mass is 10.1. The molecular formula is C38H28N2O4. The van der Waals surface area contributed by atoms with Crippen LogP contribution in [0.3, 0.4) is 0 Å². The molecular weight excluding hydrogens is 548 g/mol. The molecule has 214 valence electrons.